The summed E-state index contributed by atoms with van der Waals surface area (Å²) in [6.07, 6.45) is 1.80. The second-order valence-corrected chi connectivity index (χ2v) is 4.89. The van der Waals surface area contributed by atoms with Gasteiger partial charge in [0.2, 0.25) is 0 Å². The lowest BCUT2D eigenvalue weighted by Gasteiger charge is -2.21. The summed E-state index contributed by atoms with van der Waals surface area (Å²) < 4.78 is 0. The van der Waals surface area contributed by atoms with Crippen LogP contribution in [0.2, 0.25) is 0 Å². The number of pyridine rings is 2. The Balaban J connectivity index is 2.09. The molecule has 0 saturated carbocycles. The fourth-order valence-corrected chi connectivity index (χ4v) is 2.24. The number of hydrogen-bond donors (Lipinski definition) is 1. The summed E-state index contributed by atoms with van der Waals surface area (Å²) in [5.41, 5.74) is 10.1. The van der Waals surface area contributed by atoms with Crippen LogP contribution in [-0.4, -0.2) is 21.4 Å². The van der Waals surface area contributed by atoms with E-state index in [0.29, 0.717) is 6.54 Å². The predicted molar refractivity (Wildman–Crippen MR) is 80.9 cm³/mol. The third-order valence-corrected chi connectivity index (χ3v) is 3.35. The third-order valence-electron chi connectivity index (χ3n) is 3.35. The van der Waals surface area contributed by atoms with Gasteiger partial charge < -0.3 is 5.73 Å². The van der Waals surface area contributed by atoms with Gasteiger partial charge in [0, 0.05) is 31.5 Å². The van der Waals surface area contributed by atoms with Gasteiger partial charge in [0.25, 0.3) is 0 Å². The van der Waals surface area contributed by atoms with Crippen molar-refractivity contribution in [2.45, 2.75) is 33.5 Å². The Labute approximate surface area is 120 Å². The van der Waals surface area contributed by atoms with Gasteiger partial charge in [-0.25, -0.2) is 0 Å². The third kappa shape index (κ3) is 3.85. The topological polar surface area (TPSA) is 55.0 Å². The summed E-state index contributed by atoms with van der Waals surface area (Å²) in [4.78, 5) is 11.2. The first-order valence-electron chi connectivity index (χ1n) is 7.00. The van der Waals surface area contributed by atoms with E-state index in [1.165, 1.54) is 5.56 Å². The zero-order valence-electron chi connectivity index (χ0n) is 12.2. The molecule has 0 bridgehead atoms. The van der Waals surface area contributed by atoms with Gasteiger partial charge in [-0.15, -0.1) is 0 Å². The molecule has 0 aliphatic carbocycles. The number of rotatable bonds is 6. The van der Waals surface area contributed by atoms with Gasteiger partial charge in [0.1, 0.15) is 0 Å². The second-order valence-electron chi connectivity index (χ2n) is 4.89. The molecule has 0 saturated heterocycles. The van der Waals surface area contributed by atoms with E-state index in [2.05, 4.69) is 40.0 Å². The Kier molecular flexibility index (Phi) is 5.21. The van der Waals surface area contributed by atoms with E-state index in [4.69, 9.17) is 5.73 Å². The summed E-state index contributed by atoms with van der Waals surface area (Å²) in [7, 11) is 0. The predicted octanol–water partition coefficient (Wildman–Crippen LogP) is 2.27. The molecule has 0 atom stereocenters. The highest BCUT2D eigenvalue weighted by molar-refractivity contribution is 5.19. The number of aryl methyl sites for hydroxylation is 1. The first-order chi connectivity index (χ1) is 9.72. The maximum absolute atomic E-state index is 5.75. The van der Waals surface area contributed by atoms with E-state index in [-0.39, 0.29) is 0 Å². The molecule has 4 heteroatoms. The highest BCUT2D eigenvalue weighted by Crippen LogP contribution is 2.11. The average Bonchev–Trinajstić information content (AvgIpc) is 2.47. The van der Waals surface area contributed by atoms with E-state index >= 15 is 0 Å². The van der Waals surface area contributed by atoms with Crippen LogP contribution in [0.15, 0.2) is 36.5 Å². The van der Waals surface area contributed by atoms with Crippen molar-refractivity contribution in [2.75, 3.05) is 6.54 Å². The minimum absolute atomic E-state index is 0.483. The lowest BCUT2D eigenvalue weighted by molar-refractivity contribution is 0.267. The molecular weight excluding hydrogens is 248 g/mol. The standard InChI is InChI=1S/C16H22N4/c1-3-20(12-15-8-4-6-13(2)19-15)11-14-7-5-9-18-16(14)10-17/h4-9H,3,10-12,17H2,1-2H3. The van der Waals surface area contributed by atoms with Crippen molar-refractivity contribution in [1.29, 1.82) is 0 Å². The zero-order valence-corrected chi connectivity index (χ0v) is 12.2. The van der Waals surface area contributed by atoms with Gasteiger partial charge in [-0.3, -0.25) is 14.9 Å². The van der Waals surface area contributed by atoms with Gasteiger partial charge in [-0.1, -0.05) is 19.1 Å². The zero-order chi connectivity index (χ0) is 14.4. The maximum atomic E-state index is 5.75. The minimum Gasteiger partial charge on any atom is -0.325 e. The van der Waals surface area contributed by atoms with E-state index in [1.54, 1.807) is 6.20 Å². The molecule has 0 unspecified atom stereocenters. The van der Waals surface area contributed by atoms with Gasteiger partial charge >= 0.3 is 0 Å². The van der Waals surface area contributed by atoms with Crippen molar-refractivity contribution >= 4 is 0 Å². The number of aromatic nitrogens is 2. The molecule has 106 valence electrons. The Bertz CT molecular complexity index is 554. The molecule has 0 radical (unpaired) electrons. The monoisotopic (exact) mass is 270 g/mol. The van der Waals surface area contributed by atoms with E-state index in [1.807, 2.05) is 19.1 Å². The summed E-state index contributed by atoms with van der Waals surface area (Å²) >= 11 is 0. The van der Waals surface area contributed by atoms with E-state index in [9.17, 15) is 0 Å². The Morgan fingerprint density at radius 2 is 2.00 bits per heavy atom. The molecule has 4 nitrogen and oxygen atoms in total. The van der Waals surface area contributed by atoms with Crippen molar-refractivity contribution in [2.24, 2.45) is 5.73 Å². The van der Waals surface area contributed by atoms with Crippen LogP contribution < -0.4 is 5.73 Å². The lowest BCUT2D eigenvalue weighted by Crippen LogP contribution is -2.24. The Hall–Kier alpha value is -1.78. The van der Waals surface area contributed by atoms with Crippen molar-refractivity contribution in [3.8, 4) is 0 Å². The average molecular weight is 270 g/mol. The van der Waals surface area contributed by atoms with Crippen LogP contribution in [0, 0.1) is 6.92 Å². The van der Waals surface area contributed by atoms with Gasteiger partial charge in [0.05, 0.1) is 11.4 Å². The molecule has 2 aromatic heterocycles. The number of nitrogens with two attached hydrogens (primary N) is 1. The molecule has 0 aliphatic rings. The van der Waals surface area contributed by atoms with Crippen LogP contribution in [-0.2, 0) is 19.6 Å². The van der Waals surface area contributed by atoms with Crippen LogP contribution in [0.25, 0.3) is 0 Å². The van der Waals surface area contributed by atoms with Crippen molar-refractivity contribution in [3.05, 3.63) is 59.2 Å². The van der Waals surface area contributed by atoms with Gasteiger partial charge in [0.15, 0.2) is 0 Å². The molecular formula is C16H22N4. The molecule has 0 spiro atoms. The summed E-state index contributed by atoms with van der Waals surface area (Å²) in [5.74, 6) is 0. The molecule has 2 heterocycles. The SMILES string of the molecule is CCN(Cc1cccc(C)n1)Cc1cccnc1CN. The number of hydrogen-bond acceptors (Lipinski definition) is 4. The molecule has 0 fully saturated rings. The van der Waals surface area contributed by atoms with Gasteiger partial charge in [-0.2, -0.15) is 0 Å². The maximum Gasteiger partial charge on any atom is 0.0584 e. The molecule has 2 aromatic rings. The van der Waals surface area contributed by atoms with Crippen LogP contribution in [0.3, 0.4) is 0 Å². The van der Waals surface area contributed by atoms with Crippen LogP contribution in [0.4, 0.5) is 0 Å². The minimum atomic E-state index is 0.483. The summed E-state index contributed by atoms with van der Waals surface area (Å²) in [6.45, 7) is 7.33. The normalized spacial score (nSPS) is 11.0. The van der Waals surface area contributed by atoms with Crippen molar-refractivity contribution in [1.82, 2.24) is 14.9 Å². The van der Waals surface area contributed by atoms with Crippen LogP contribution in [0.5, 0.6) is 0 Å². The fraction of sp³-hybridized carbons (Fsp3) is 0.375. The first-order valence-corrected chi connectivity index (χ1v) is 7.00. The van der Waals surface area contributed by atoms with Crippen molar-refractivity contribution in [3.63, 3.8) is 0 Å². The summed E-state index contributed by atoms with van der Waals surface area (Å²) in [5, 5.41) is 0. The van der Waals surface area contributed by atoms with Crippen molar-refractivity contribution < 1.29 is 0 Å². The van der Waals surface area contributed by atoms with Gasteiger partial charge in [-0.05, 0) is 37.2 Å². The molecule has 2 N–H and O–H groups in total. The quantitative estimate of drug-likeness (QED) is 0.875. The molecule has 2 rings (SSSR count). The lowest BCUT2D eigenvalue weighted by atomic mass is 10.1. The fourth-order valence-electron chi connectivity index (χ4n) is 2.24. The Morgan fingerprint density at radius 3 is 2.70 bits per heavy atom. The Morgan fingerprint density at radius 1 is 1.15 bits per heavy atom. The molecule has 0 amide bonds. The highest BCUT2D eigenvalue weighted by Gasteiger charge is 2.09. The molecule has 0 aromatic carbocycles. The molecule has 20 heavy (non-hydrogen) atoms. The van der Waals surface area contributed by atoms with E-state index < -0.39 is 0 Å². The number of nitrogens with zero attached hydrogens (tertiary/aromatic N) is 3. The smallest absolute Gasteiger partial charge is 0.0584 e. The van der Waals surface area contributed by atoms with E-state index in [0.717, 1.165) is 36.7 Å². The molecule has 0 aliphatic heterocycles. The first kappa shape index (κ1) is 14.6. The highest BCUT2D eigenvalue weighted by atomic mass is 15.1. The summed E-state index contributed by atoms with van der Waals surface area (Å²) in [6, 6.07) is 10.2. The largest absolute Gasteiger partial charge is 0.325 e. The second kappa shape index (κ2) is 7.12. The van der Waals surface area contributed by atoms with Crippen LogP contribution in [0.1, 0.15) is 29.6 Å². The van der Waals surface area contributed by atoms with Crippen LogP contribution >= 0.6 is 0 Å².